The van der Waals surface area contributed by atoms with E-state index in [0.29, 0.717) is 24.5 Å². The lowest BCUT2D eigenvalue weighted by atomic mass is 10.2. The van der Waals surface area contributed by atoms with Gasteiger partial charge >= 0.3 is 0 Å². The predicted molar refractivity (Wildman–Crippen MR) is 90.3 cm³/mol. The fourth-order valence-corrected chi connectivity index (χ4v) is 3.69. The van der Waals surface area contributed by atoms with E-state index in [1.54, 1.807) is 6.07 Å². The van der Waals surface area contributed by atoms with Gasteiger partial charge in [0, 0.05) is 25.6 Å². The molecule has 0 spiro atoms. The molecule has 2 rings (SSSR count). The molecule has 0 saturated heterocycles. The molecule has 0 aromatic heterocycles. The van der Waals surface area contributed by atoms with Crippen molar-refractivity contribution in [3.05, 3.63) is 23.8 Å². The zero-order chi connectivity index (χ0) is 17.7. The molecule has 134 valence electrons. The van der Waals surface area contributed by atoms with E-state index in [0.717, 1.165) is 5.56 Å². The molecular weight excluding hydrogens is 332 g/mol. The van der Waals surface area contributed by atoms with Crippen molar-refractivity contribution in [2.45, 2.75) is 39.3 Å². The number of nitrogens with one attached hydrogen (secondary N) is 1. The van der Waals surface area contributed by atoms with Gasteiger partial charge in [0.15, 0.2) is 11.5 Å². The Morgan fingerprint density at radius 3 is 2.71 bits per heavy atom. The lowest BCUT2D eigenvalue weighted by molar-refractivity contribution is -0.121. The molecule has 1 N–H and O–H groups in total. The van der Waals surface area contributed by atoms with E-state index < -0.39 is 10.0 Å². The van der Waals surface area contributed by atoms with Crippen molar-refractivity contribution in [2.75, 3.05) is 19.6 Å². The Labute approximate surface area is 143 Å². The van der Waals surface area contributed by atoms with Crippen molar-refractivity contribution in [1.29, 1.82) is 0 Å². The van der Waals surface area contributed by atoms with Gasteiger partial charge in [0.25, 0.3) is 0 Å². The zero-order valence-electron chi connectivity index (χ0n) is 14.2. The Morgan fingerprint density at radius 1 is 1.33 bits per heavy atom. The largest absolute Gasteiger partial charge is 0.454 e. The first kappa shape index (κ1) is 18.5. The highest BCUT2D eigenvalue weighted by Crippen LogP contribution is 2.32. The Bertz CT molecular complexity index is 690. The molecule has 0 fully saturated rings. The second kappa shape index (κ2) is 7.85. The van der Waals surface area contributed by atoms with Gasteiger partial charge in [-0.3, -0.25) is 4.79 Å². The van der Waals surface area contributed by atoms with Crippen LogP contribution in [0.5, 0.6) is 11.5 Å². The fourth-order valence-electron chi connectivity index (χ4n) is 2.47. The van der Waals surface area contributed by atoms with E-state index in [1.165, 1.54) is 10.6 Å². The minimum Gasteiger partial charge on any atom is -0.454 e. The number of benzene rings is 1. The summed E-state index contributed by atoms with van der Waals surface area (Å²) < 4.78 is 35.5. The number of carbonyl (C=O) groups excluding carboxylic acids is 1. The number of hydrogen-bond donors (Lipinski definition) is 1. The van der Waals surface area contributed by atoms with Gasteiger partial charge in [0.1, 0.15) is 0 Å². The van der Waals surface area contributed by atoms with Gasteiger partial charge in [-0.2, -0.15) is 4.31 Å². The highest BCUT2D eigenvalue weighted by atomic mass is 32.2. The van der Waals surface area contributed by atoms with Crippen LogP contribution in [-0.4, -0.2) is 44.3 Å². The predicted octanol–water partition coefficient (Wildman–Crippen LogP) is 1.48. The molecule has 0 saturated carbocycles. The third-order valence-electron chi connectivity index (χ3n) is 3.99. The number of rotatable bonds is 8. The second-order valence-electron chi connectivity index (χ2n) is 5.85. The van der Waals surface area contributed by atoms with E-state index >= 15 is 0 Å². The molecule has 1 atom stereocenters. The summed E-state index contributed by atoms with van der Waals surface area (Å²) in [4.78, 5) is 12.0. The average molecular weight is 356 g/mol. The van der Waals surface area contributed by atoms with E-state index in [4.69, 9.17) is 9.47 Å². The summed E-state index contributed by atoms with van der Waals surface area (Å²) >= 11 is 0. The van der Waals surface area contributed by atoms with Crippen LogP contribution in [0.4, 0.5) is 0 Å². The molecule has 0 aliphatic carbocycles. The first-order chi connectivity index (χ1) is 11.3. The quantitative estimate of drug-likeness (QED) is 0.763. The van der Waals surface area contributed by atoms with Crippen LogP contribution >= 0.6 is 0 Å². The van der Waals surface area contributed by atoms with Crippen LogP contribution in [0.15, 0.2) is 18.2 Å². The van der Waals surface area contributed by atoms with Crippen molar-refractivity contribution >= 4 is 15.9 Å². The molecule has 24 heavy (non-hydrogen) atoms. The van der Waals surface area contributed by atoms with Gasteiger partial charge in [-0.15, -0.1) is 0 Å². The maximum absolute atomic E-state index is 12.0. The second-order valence-corrected chi connectivity index (χ2v) is 7.78. The number of amides is 1. The summed E-state index contributed by atoms with van der Waals surface area (Å²) in [5.41, 5.74) is 0.898. The van der Waals surface area contributed by atoms with Crippen LogP contribution in [0.1, 0.15) is 32.3 Å². The van der Waals surface area contributed by atoms with E-state index in [1.807, 2.05) is 26.0 Å². The first-order valence-electron chi connectivity index (χ1n) is 7.93. The number of fused-ring (bicyclic) bond motifs is 1. The molecule has 1 heterocycles. The normalized spacial score (nSPS) is 14.7. The summed E-state index contributed by atoms with van der Waals surface area (Å²) in [6.07, 6.45) is 2.00. The molecule has 1 unspecified atom stereocenters. The van der Waals surface area contributed by atoms with Gasteiger partial charge in [-0.1, -0.05) is 13.0 Å². The van der Waals surface area contributed by atoms with Gasteiger partial charge in [-0.25, -0.2) is 8.42 Å². The molecule has 1 aromatic carbocycles. The van der Waals surface area contributed by atoms with E-state index in [9.17, 15) is 13.2 Å². The highest BCUT2D eigenvalue weighted by molar-refractivity contribution is 7.88. The molecule has 1 aromatic rings. The molecule has 0 radical (unpaired) electrons. The van der Waals surface area contributed by atoms with Crippen molar-refractivity contribution in [3.8, 4) is 11.5 Å². The molecule has 1 amide bonds. The summed E-state index contributed by atoms with van der Waals surface area (Å²) in [6, 6.07) is 5.36. The minimum absolute atomic E-state index is 0.123. The average Bonchev–Trinajstić information content (AvgIpc) is 2.99. The van der Waals surface area contributed by atoms with E-state index in [-0.39, 0.29) is 31.7 Å². The number of sulfonamides is 1. The lowest BCUT2D eigenvalue weighted by Crippen LogP contribution is -2.40. The molecule has 7 nitrogen and oxygen atoms in total. The number of nitrogens with zero attached hydrogens (tertiary/aromatic N) is 1. The number of carbonyl (C=O) groups is 1. The summed E-state index contributed by atoms with van der Waals surface area (Å²) in [5, 5.41) is 2.80. The van der Waals surface area contributed by atoms with E-state index in [2.05, 4.69) is 5.32 Å². The van der Waals surface area contributed by atoms with Crippen LogP contribution in [0.2, 0.25) is 0 Å². The maximum Gasteiger partial charge on any atom is 0.231 e. The summed E-state index contributed by atoms with van der Waals surface area (Å²) in [6.45, 7) is 4.51. The summed E-state index contributed by atoms with van der Waals surface area (Å²) in [5.74, 6) is 1.17. The van der Waals surface area contributed by atoms with Crippen LogP contribution in [0, 0.1) is 0 Å². The Morgan fingerprint density at radius 2 is 2.04 bits per heavy atom. The van der Waals surface area contributed by atoms with Gasteiger partial charge in [-0.05, 0) is 31.0 Å². The summed E-state index contributed by atoms with van der Waals surface area (Å²) in [7, 11) is -3.32. The van der Waals surface area contributed by atoms with Gasteiger partial charge < -0.3 is 14.8 Å². The van der Waals surface area contributed by atoms with Crippen molar-refractivity contribution in [2.24, 2.45) is 0 Å². The minimum atomic E-state index is -3.32. The third-order valence-corrected chi connectivity index (χ3v) is 5.39. The van der Waals surface area contributed by atoms with Gasteiger partial charge in [0.05, 0.1) is 6.26 Å². The third kappa shape index (κ3) is 4.85. The SMILES string of the molecule is CCC(C)N(CCC(=O)NCc1ccc2c(c1)OCO2)S(C)(=O)=O. The zero-order valence-corrected chi connectivity index (χ0v) is 15.1. The molecule has 8 heteroatoms. The smallest absolute Gasteiger partial charge is 0.231 e. The maximum atomic E-state index is 12.0. The topological polar surface area (TPSA) is 84.9 Å². The number of hydrogen-bond acceptors (Lipinski definition) is 5. The Hall–Kier alpha value is -1.80. The lowest BCUT2D eigenvalue weighted by Gasteiger charge is -2.25. The fraction of sp³-hybridized carbons (Fsp3) is 0.562. The first-order valence-corrected chi connectivity index (χ1v) is 9.78. The van der Waals surface area contributed by atoms with Crippen molar-refractivity contribution in [3.63, 3.8) is 0 Å². The Balaban J connectivity index is 1.84. The van der Waals surface area contributed by atoms with Gasteiger partial charge in [0.2, 0.25) is 22.7 Å². The van der Waals surface area contributed by atoms with Crippen LogP contribution in [0.25, 0.3) is 0 Å². The molecule has 1 aliphatic rings. The molecular formula is C16H24N2O5S. The van der Waals surface area contributed by atoms with Crippen LogP contribution in [-0.2, 0) is 21.4 Å². The van der Waals surface area contributed by atoms with Crippen LogP contribution in [0.3, 0.4) is 0 Å². The molecule has 0 bridgehead atoms. The van der Waals surface area contributed by atoms with Crippen molar-refractivity contribution in [1.82, 2.24) is 9.62 Å². The Kier molecular flexibility index (Phi) is 6.06. The molecule has 1 aliphatic heterocycles. The number of ether oxygens (including phenoxy) is 2. The van der Waals surface area contributed by atoms with Crippen molar-refractivity contribution < 1.29 is 22.7 Å². The highest BCUT2D eigenvalue weighted by Gasteiger charge is 2.22. The standard InChI is InChI=1S/C16H24N2O5S/c1-4-12(2)18(24(3,20)21)8-7-16(19)17-10-13-5-6-14-15(9-13)23-11-22-14/h5-6,9,12H,4,7-8,10-11H2,1-3H3,(H,17,19). The van der Waals surface area contributed by atoms with Crippen LogP contribution < -0.4 is 14.8 Å². The monoisotopic (exact) mass is 356 g/mol.